The number of nitrogens with zero attached hydrogens (tertiary/aromatic N) is 4. The second-order valence-electron chi connectivity index (χ2n) is 5.95. The van der Waals surface area contributed by atoms with E-state index in [0.29, 0.717) is 12.8 Å². The van der Waals surface area contributed by atoms with Gasteiger partial charge in [-0.3, -0.25) is 29.8 Å². The zero-order valence-electron chi connectivity index (χ0n) is 12.7. The molecule has 2 rings (SSSR count). The van der Waals surface area contributed by atoms with E-state index in [0.717, 1.165) is 0 Å². The minimum absolute atomic E-state index is 0.138. The molecule has 0 aliphatic heterocycles. The monoisotopic (exact) mass is 344 g/mol. The Labute approximate surface area is 135 Å². The molecule has 0 amide bonds. The van der Waals surface area contributed by atoms with Gasteiger partial charge >= 0.3 is 11.3 Å². The van der Waals surface area contributed by atoms with Crippen molar-refractivity contribution in [3.05, 3.63) is 30.6 Å². The molecule has 12 heteroatoms. The van der Waals surface area contributed by atoms with Crippen LogP contribution in [0.4, 0.5) is 0 Å². The fourth-order valence-corrected chi connectivity index (χ4v) is 3.22. The lowest BCUT2D eigenvalue weighted by Crippen LogP contribution is -2.63. The van der Waals surface area contributed by atoms with Crippen LogP contribution in [-0.2, 0) is 9.59 Å². The maximum atomic E-state index is 12.4. The topological polar surface area (TPSA) is 173 Å². The Morgan fingerprint density at radius 2 is 1.00 bits per heavy atom. The number of rotatable bonds is 4. The van der Waals surface area contributed by atoms with Crippen molar-refractivity contribution in [3.63, 3.8) is 0 Å². The summed E-state index contributed by atoms with van der Waals surface area (Å²) in [7, 11) is 0. The van der Waals surface area contributed by atoms with Gasteiger partial charge in [0.2, 0.25) is 0 Å². The molecule has 12 nitrogen and oxygen atoms in total. The van der Waals surface area contributed by atoms with Crippen molar-refractivity contribution in [2.45, 2.75) is 62.7 Å². The van der Waals surface area contributed by atoms with Gasteiger partial charge in [0, 0.05) is 12.8 Å². The van der Waals surface area contributed by atoms with E-state index in [1.807, 2.05) is 0 Å². The van der Waals surface area contributed by atoms with Gasteiger partial charge in [0.15, 0.2) is 0 Å². The van der Waals surface area contributed by atoms with Gasteiger partial charge in [-0.15, -0.1) is 0 Å². The summed E-state index contributed by atoms with van der Waals surface area (Å²) in [5.74, 6) is -2.17. The van der Waals surface area contributed by atoms with Gasteiger partial charge in [-0.1, -0.05) is 0 Å². The summed E-state index contributed by atoms with van der Waals surface area (Å²) in [5.41, 5.74) is -5.83. The molecule has 24 heavy (non-hydrogen) atoms. The van der Waals surface area contributed by atoms with E-state index in [1.54, 1.807) is 0 Å². The summed E-state index contributed by atoms with van der Waals surface area (Å²) in [4.78, 5) is 42.9. The Bertz CT molecular complexity index is 593. The van der Waals surface area contributed by atoms with Crippen LogP contribution in [0.15, 0.2) is 0 Å². The molecule has 0 aromatic rings. The minimum Gasteiger partial charge on any atom is -0.560 e. The second kappa shape index (κ2) is 6.09. The number of carbonyl (C=O) groups excluding carboxylic acids is 2. The van der Waals surface area contributed by atoms with Crippen molar-refractivity contribution in [3.8, 4) is 0 Å². The molecule has 2 aliphatic rings. The van der Waals surface area contributed by atoms with Gasteiger partial charge in [0.1, 0.15) is 19.6 Å². The predicted octanol–water partition coefficient (Wildman–Crippen LogP) is 0.691. The molecule has 2 fully saturated rings. The summed E-state index contributed by atoms with van der Waals surface area (Å²) in [6.45, 7) is 0. The van der Waals surface area contributed by atoms with Crippen LogP contribution in [0.2, 0.25) is 0 Å². The molecule has 0 saturated heterocycles. The van der Waals surface area contributed by atoms with Crippen molar-refractivity contribution >= 4 is 11.6 Å². The van der Waals surface area contributed by atoms with Gasteiger partial charge in [-0.2, -0.15) is 0 Å². The first kappa shape index (κ1) is 17.7. The minimum atomic E-state index is -2.92. The van der Waals surface area contributed by atoms with Crippen LogP contribution >= 0.6 is 0 Å². The van der Waals surface area contributed by atoms with Crippen LogP contribution in [0.25, 0.3) is 0 Å². The Morgan fingerprint density at radius 1 is 0.667 bits per heavy atom. The molecule has 0 N–H and O–H groups in total. The van der Waals surface area contributed by atoms with Crippen molar-refractivity contribution < 1.29 is 29.2 Å². The molecule has 0 spiro atoms. The number of Topliss-reactive ketones (excluding diaryl/α,β-unsaturated/α-hetero) is 2. The first-order valence-corrected chi connectivity index (χ1v) is 7.51. The summed E-state index contributed by atoms with van der Waals surface area (Å²) >= 11 is 0. The van der Waals surface area contributed by atoms with Crippen LogP contribution in [0, 0.1) is 30.6 Å². The standard InChI is InChI=1S/C12H16N4O8/c17-9-5-1-3-7-11(9,15(21)22)13(19)14(20)12(16(23)24)8-4-2-6-10(12)18/h1-8H2/b14-13+. The van der Waals surface area contributed by atoms with Crippen LogP contribution in [-0.4, -0.2) is 42.5 Å². The number of ketones is 2. The average molecular weight is 344 g/mol. The predicted molar refractivity (Wildman–Crippen MR) is 73.7 cm³/mol. The molecule has 0 aromatic carbocycles. The number of nitro groups is 2. The Hall–Kier alpha value is -2.66. The number of hydrogen-bond donors (Lipinski definition) is 0. The fraction of sp³-hybridized carbons (Fsp3) is 0.833. The van der Waals surface area contributed by atoms with Crippen molar-refractivity contribution in [2.75, 3.05) is 0 Å². The molecular formula is C12H16N4O8. The van der Waals surface area contributed by atoms with Gasteiger partial charge in [0.05, 0.1) is 12.8 Å². The highest BCUT2D eigenvalue weighted by Gasteiger charge is 2.71. The molecular weight excluding hydrogens is 328 g/mol. The zero-order chi connectivity index (χ0) is 18.1. The highest BCUT2D eigenvalue weighted by atomic mass is 16.7. The number of hydroxylamine groups is 2. The van der Waals surface area contributed by atoms with Crippen LogP contribution in [0.1, 0.15) is 51.4 Å². The Balaban J connectivity index is 2.66. The Kier molecular flexibility index (Phi) is 4.49. The van der Waals surface area contributed by atoms with Crippen molar-refractivity contribution in [1.82, 2.24) is 0 Å². The molecule has 0 aromatic heterocycles. The fourth-order valence-electron chi connectivity index (χ4n) is 3.22. The zero-order valence-corrected chi connectivity index (χ0v) is 12.7. The average Bonchev–Trinajstić information content (AvgIpc) is 2.54. The maximum absolute atomic E-state index is 12.4. The number of hydrogen-bond acceptors (Lipinski definition) is 8. The number of azo groups is 1. The lowest BCUT2D eigenvalue weighted by molar-refractivity contribution is -1.09. The van der Waals surface area contributed by atoms with Gasteiger partial charge in [-0.25, -0.2) is 0 Å². The lowest BCUT2D eigenvalue weighted by atomic mass is 9.87. The van der Waals surface area contributed by atoms with E-state index in [9.17, 15) is 40.2 Å². The molecule has 0 bridgehead atoms. The Morgan fingerprint density at radius 3 is 1.25 bits per heavy atom. The third kappa shape index (κ3) is 2.29. The molecule has 2 saturated carbocycles. The summed E-state index contributed by atoms with van der Waals surface area (Å²) in [5, 5.41) is 47.7. The summed E-state index contributed by atoms with van der Waals surface area (Å²) in [6, 6.07) is 0. The molecule has 0 heterocycles. The number of carbonyl (C=O) groups is 2. The second-order valence-corrected chi connectivity index (χ2v) is 5.95. The maximum Gasteiger partial charge on any atom is 0.529 e. The third-order valence-corrected chi connectivity index (χ3v) is 4.65. The largest absolute Gasteiger partial charge is 0.560 e. The van der Waals surface area contributed by atoms with E-state index >= 15 is 0 Å². The van der Waals surface area contributed by atoms with Crippen molar-refractivity contribution in [2.24, 2.45) is 0 Å². The first-order valence-electron chi connectivity index (χ1n) is 7.51. The molecule has 0 radical (unpaired) electrons. The highest BCUT2D eigenvalue weighted by Crippen LogP contribution is 2.33. The van der Waals surface area contributed by atoms with Gasteiger partial charge in [0.25, 0.3) is 11.6 Å². The lowest BCUT2D eigenvalue weighted by Gasteiger charge is -2.26. The van der Waals surface area contributed by atoms with Crippen LogP contribution < -0.4 is 0 Å². The van der Waals surface area contributed by atoms with E-state index in [-0.39, 0.29) is 25.7 Å². The third-order valence-electron chi connectivity index (χ3n) is 4.65. The molecule has 2 aliphatic carbocycles. The normalized spacial score (nSPS) is 32.2. The summed E-state index contributed by atoms with van der Waals surface area (Å²) < 4.78 is 0. The molecule has 132 valence electrons. The van der Waals surface area contributed by atoms with E-state index in [1.165, 1.54) is 0 Å². The first-order chi connectivity index (χ1) is 11.2. The van der Waals surface area contributed by atoms with E-state index < -0.39 is 55.3 Å². The van der Waals surface area contributed by atoms with Crippen LogP contribution in [0.3, 0.4) is 0 Å². The van der Waals surface area contributed by atoms with Gasteiger partial charge < -0.3 is 10.4 Å². The van der Waals surface area contributed by atoms with E-state index in [2.05, 4.69) is 0 Å². The smallest absolute Gasteiger partial charge is 0.529 e. The SMILES string of the molecule is O=C1CCCCC1([N+](=O)[O-])/[N+]([O-])=[N+](\[O-])C1([N+](=O)[O-])CCCCC1=O. The van der Waals surface area contributed by atoms with Gasteiger partial charge in [-0.05, 0) is 25.7 Å². The molecule has 2 atom stereocenters. The van der Waals surface area contributed by atoms with Crippen molar-refractivity contribution in [1.29, 1.82) is 0 Å². The van der Waals surface area contributed by atoms with E-state index in [4.69, 9.17) is 0 Å². The quantitative estimate of drug-likeness (QED) is 0.235. The summed E-state index contributed by atoms with van der Waals surface area (Å²) in [6.07, 6.45) is -0.732. The highest BCUT2D eigenvalue weighted by molar-refractivity contribution is 5.86. The van der Waals surface area contributed by atoms with Crippen LogP contribution in [0.5, 0.6) is 0 Å². The molecule has 2 unspecified atom stereocenters.